The standard InChI is InChI=1S/C29H34N2O5S/c1-22-13-18-27(35-2)28(19-22)37(33,34)31(25-11-7-4-8-12-25)20-29(32)30-24-14-16-26(17-15-24)36-21-23-9-5-3-6-10-23/h3,5-6,9-10,13-19,25H,4,7-8,11-12,20-21H2,1-2H3,(H,30,32). The van der Waals surface area contributed by atoms with Crippen molar-refractivity contribution < 1.29 is 22.7 Å². The Bertz CT molecular complexity index is 1290. The summed E-state index contributed by atoms with van der Waals surface area (Å²) in [6.45, 7) is 2.02. The highest BCUT2D eigenvalue weighted by molar-refractivity contribution is 7.89. The Kier molecular flexibility index (Phi) is 8.84. The van der Waals surface area contributed by atoms with Crippen LogP contribution in [-0.2, 0) is 21.4 Å². The van der Waals surface area contributed by atoms with Crippen LogP contribution >= 0.6 is 0 Å². The molecule has 0 unspecified atom stereocenters. The van der Waals surface area contributed by atoms with Crippen molar-refractivity contribution in [1.29, 1.82) is 0 Å². The lowest BCUT2D eigenvalue weighted by Gasteiger charge is -2.33. The molecule has 3 aromatic rings. The summed E-state index contributed by atoms with van der Waals surface area (Å²) in [6.07, 6.45) is 4.41. The number of benzene rings is 3. The molecule has 1 fully saturated rings. The molecular weight excluding hydrogens is 488 g/mol. The molecule has 8 heteroatoms. The minimum atomic E-state index is -3.97. The Morgan fingerprint density at radius 3 is 2.35 bits per heavy atom. The molecule has 0 saturated heterocycles. The molecule has 0 aliphatic heterocycles. The highest BCUT2D eigenvalue weighted by atomic mass is 32.2. The SMILES string of the molecule is COc1ccc(C)cc1S(=O)(=O)N(CC(=O)Nc1ccc(OCc2ccccc2)cc1)C1CCCCC1. The van der Waals surface area contributed by atoms with E-state index in [4.69, 9.17) is 9.47 Å². The van der Waals surface area contributed by atoms with Gasteiger partial charge in [-0.05, 0) is 67.3 Å². The third-order valence-electron chi connectivity index (χ3n) is 6.57. The van der Waals surface area contributed by atoms with Crippen molar-refractivity contribution in [3.05, 3.63) is 83.9 Å². The van der Waals surface area contributed by atoms with Crippen LogP contribution in [0.3, 0.4) is 0 Å². The molecule has 0 heterocycles. The van der Waals surface area contributed by atoms with E-state index >= 15 is 0 Å². The lowest BCUT2D eigenvalue weighted by Crippen LogP contribution is -2.45. The second kappa shape index (κ2) is 12.3. The number of amides is 1. The van der Waals surface area contributed by atoms with E-state index < -0.39 is 15.9 Å². The highest BCUT2D eigenvalue weighted by Gasteiger charge is 2.35. The molecular formula is C29H34N2O5S. The van der Waals surface area contributed by atoms with Crippen molar-refractivity contribution in [2.45, 2.75) is 56.6 Å². The number of hydrogen-bond donors (Lipinski definition) is 1. The largest absolute Gasteiger partial charge is 0.495 e. The Morgan fingerprint density at radius 2 is 1.68 bits per heavy atom. The van der Waals surface area contributed by atoms with Crippen LogP contribution < -0.4 is 14.8 Å². The van der Waals surface area contributed by atoms with Crippen LogP contribution in [0, 0.1) is 6.92 Å². The molecule has 4 rings (SSSR count). The fourth-order valence-corrected chi connectivity index (χ4v) is 6.49. The van der Waals surface area contributed by atoms with Crippen molar-refractivity contribution in [2.75, 3.05) is 19.0 Å². The zero-order chi connectivity index (χ0) is 26.3. The van der Waals surface area contributed by atoms with Crippen LogP contribution in [0.2, 0.25) is 0 Å². The Morgan fingerprint density at radius 1 is 0.973 bits per heavy atom. The summed E-state index contributed by atoms with van der Waals surface area (Å²) >= 11 is 0. The fraction of sp³-hybridized carbons (Fsp3) is 0.345. The first kappa shape index (κ1) is 26.7. The number of rotatable bonds is 10. The topological polar surface area (TPSA) is 84.9 Å². The van der Waals surface area contributed by atoms with E-state index in [0.717, 1.165) is 43.2 Å². The minimum Gasteiger partial charge on any atom is -0.495 e. The van der Waals surface area contributed by atoms with E-state index in [-0.39, 0.29) is 23.2 Å². The average molecular weight is 523 g/mol. The highest BCUT2D eigenvalue weighted by Crippen LogP contribution is 2.32. The van der Waals surface area contributed by atoms with Gasteiger partial charge >= 0.3 is 0 Å². The number of sulfonamides is 1. The zero-order valence-corrected chi connectivity index (χ0v) is 22.2. The van der Waals surface area contributed by atoms with E-state index in [2.05, 4.69) is 5.32 Å². The Labute approximate surface area is 219 Å². The minimum absolute atomic E-state index is 0.0910. The molecule has 7 nitrogen and oxygen atoms in total. The van der Waals surface area contributed by atoms with Gasteiger partial charge in [-0.15, -0.1) is 0 Å². The molecule has 0 radical (unpaired) electrons. The van der Waals surface area contributed by atoms with Gasteiger partial charge in [-0.2, -0.15) is 4.31 Å². The van der Waals surface area contributed by atoms with Crippen molar-refractivity contribution in [3.63, 3.8) is 0 Å². The predicted molar refractivity (Wildman–Crippen MR) is 144 cm³/mol. The summed E-state index contributed by atoms with van der Waals surface area (Å²) < 4.78 is 40.2. The van der Waals surface area contributed by atoms with Gasteiger partial charge < -0.3 is 14.8 Å². The number of carbonyl (C=O) groups excluding carboxylic acids is 1. The summed E-state index contributed by atoms with van der Waals surface area (Å²) in [5, 5.41) is 2.84. The van der Waals surface area contributed by atoms with Crippen LogP contribution in [-0.4, -0.2) is 38.3 Å². The first-order valence-electron chi connectivity index (χ1n) is 12.6. The molecule has 1 aliphatic rings. The summed E-state index contributed by atoms with van der Waals surface area (Å²) in [5.74, 6) is 0.566. The van der Waals surface area contributed by atoms with Crippen molar-refractivity contribution in [3.8, 4) is 11.5 Å². The molecule has 0 atom stereocenters. The van der Waals surface area contributed by atoms with E-state index in [1.807, 2.05) is 43.3 Å². The normalized spacial score (nSPS) is 14.4. The molecule has 0 spiro atoms. The van der Waals surface area contributed by atoms with Crippen molar-refractivity contribution >= 4 is 21.6 Å². The third kappa shape index (κ3) is 6.90. The van der Waals surface area contributed by atoms with E-state index in [0.29, 0.717) is 18.0 Å². The molecule has 3 aromatic carbocycles. The fourth-order valence-electron chi connectivity index (χ4n) is 4.61. The molecule has 0 bridgehead atoms. The summed E-state index contributed by atoms with van der Waals surface area (Å²) in [4.78, 5) is 13.2. The van der Waals surface area contributed by atoms with Gasteiger partial charge in [-0.3, -0.25) is 4.79 Å². The second-order valence-corrected chi connectivity index (χ2v) is 11.2. The van der Waals surface area contributed by atoms with Crippen LogP contribution in [0.1, 0.15) is 43.2 Å². The summed E-state index contributed by atoms with van der Waals surface area (Å²) in [7, 11) is -2.51. The van der Waals surface area contributed by atoms with Crippen molar-refractivity contribution in [1.82, 2.24) is 4.31 Å². The Hall–Kier alpha value is -3.36. The van der Waals surface area contributed by atoms with Gasteiger partial charge in [0.25, 0.3) is 0 Å². The molecule has 37 heavy (non-hydrogen) atoms. The monoisotopic (exact) mass is 522 g/mol. The maximum Gasteiger partial charge on any atom is 0.247 e. The van der Waals surface area contributed by atoms with Crippen LogP contribution in [0.15, 0.2) is 77.7 Å². The summed E-state index contributed by atoms with van der Waals surface area (Å²) in [6, 6.07) is 21.8. The molecule has 0 aromatic heterocycles. The number of aryl methyl sites for hydroxylation is 1. The van der Waals surface area contributed by atoms with Crippen LogP contribution in [0.25, 0.3) is 0 Å². The van der Waals surface area contributed by atoms with Crippen LogP contribution in [0.5, 0.6) is 11.5 Å². The molecule has 1 aliphatic carbocycles. The third-order valence-corrected chi connectivity index (χ3v) is 8.49. The second-order valence-electron chi connectivity index (χ2n) is 9.34. The number of nitrogens with one attached hydrogen (secondary N) is 1. The number of ether oxygens (including phenoxy) is 2. The molecule has 1 saturated carbocycles. The van der Waals surface area contributed by atoms with E-state index in [1.165, 1.54) is 11.4 Å². The maximum absolute atomic E-state index is 13.8. The number of hydrogen-bond acceptors (Lipinski definition) is 5. The zero-order valence-electron chi connectivity index (χ0n) is 21.4. The lowest BCUT2D eigenvalue weighted by atomic mass is 9.95. The quantitative estimate of drug-likeness (QED) is 0.378. The smallest absolute Gasteiger partial charge is 0.247 e. The van der Waals surface area contributed by atoms with Gasteiger partial charge in [0.1, 0.15) is 23.0 Å². The number of anilines is 1. The predicted octanol–water partition coefficient (Wildman–Crippen LogP) is 5.54. The van der Waals surface area contributed by atoms with E-state index in [9.17, 15) is 13.2 Å². The van der Waals surface area contributed by atoms with Crippen molar-refractivity contribution in [2.24, 2.45) is 0 Å². The van der Waals surface area contributed by atoms with Gasteiger partial charge in [-0.25, -0.2) is 8.42 Å². The maximum atomic E-state index is 13.8. The van der Waals surface area contributed by atoms with Gasteiger partial charge in [0.05, 0.1) is 13.7 Å². The van der Waals surface area contributed by atoms with E-state index in [1.54, 1.807) is 36.4 Å². The number of carbonyl (C=O) groups is 1. The molecule has 1 N–H and O–H groups in total. The summed E-state index contributed by atoms with van der Waals surface area (Å²) in [5.41, 5.74) is 2.45. The molecule has 1 amide bonds. The average Bonchev–Trinajstić information content (AvgIpc) is 2.92. The molecule has 196 valence electrons. The Balaban J connectivity index is 1.47. The van der Waals surface area contributed by atoms with Gasteiger partial charge in [0.2, 0.25) is 15.9 Å². The first-order valence-corrected chi connectivity index (χ1v) is 14.0. The van der Waals surface area contributed by atoms with Crippen LogP contribution in [0.4, 0.5) is 5.69 Å². The lowest BCUT2D eigenvalue weighted by molar-refractivity contribution is -0.116. The first-order chi connectivity index (χ1) is 17.9. The van der Waals surface area contributed by atoms with Gasteiger partial charge in [-0.1, -0.05) is 55.7 Å². The van der Waals surface area contributed by atoms with Gasteiger partial charge in [0.15, 0.2) is 0 Å². The number of nitrogens with zero attached hydrogens (tertiary/aromatic N) is 1. The van der Waals surface area contributed by atoms with Gasteiger partial charge in [0, 0.05) is 11.7 Å². The number of methoxy groups -OCH3 is 1.